The van der Waals surface area contributed by atoms with Crippen molar-refractivity contribution in [3.8, 4) is 0 Å². The third kappa shape index (κ3) is 4.18. The van der Waals surface area contributed by atoms with Gasteiger partial charge in [-0.05, 0) is 26.2 Å². The molecule has 92 valence electrons. The molecule has 0 saturated carbocycles. The summed E-state index contributed by atoms with van der Waals surface area (Å²) in [5.74, 6) is -0.754. The van der Waals surface area contributed by atoms with Crippen molar-refractivity contribution < 1.29 is 14.7 Å². The molecule has 0 radical (unpaired) electrons. The third-order valence-electron chi connectivity index (χ3n) is 2.87. The molecule has 1 aliphatic rings. The van der Waals surface area contributed by atoms with Crippen LogP contribution < -0.4 is 5.32 Å². The second-order valence-electron chi connectivity index (χ2n) is 4.21. The van der Waals surface area contributed by atoms with Crippen LogP contribution in [0.4, 0.5) is 0 Å². The standard InChI is InChI=1S/C11H20N2O3/c1-9(11(15)16)12-6-5-10(14)13-7-3-2-4-8-13/h9,12H,2-8H2,1H3,(H,15,16). The number of piperidine rings is 1. The smallest absolute Gasteiger partial charge is 0.320 e. The summed E-state index contributed by atoms with van der Waals surface area (Å²) in [5.41, 5.74) is 0. The maximum atomic E-state index is 11.7. The topological polar surface area (TPSA) is 69.6 Å². The van der Waals surface area contributed by atoms with Crippen LogP contribution in [-0.4, -0.2) is 47.6 Å². The molecular formula is C11H20N2O3. The minimum Gasteiger partial charge on any atom is -0.480 e. The van der Waals surface area contributed by atoms with Crippen LogP contribution in [-0.2, 0) is 9.59 Å². The van der Waals surface area contributed by atoms with E-state index in [4.69, 9.17) is 5.11 Å². The number of aliphatic carboxylic acids is 1. The average Bonchev–Trinajstić information content (AvgIpc) is 2.29. The lowest BCUT2D eigenvalue weighted by molar-refractivity contribution is -0.139. The van der Waals surface area contributed by atoms with E-state index in [0.29, 0.717) is 13.0 Å². The van der Waals surface area contributed by atoms with Crippen LogP contribution in [0.25, 0.3) is 0 Å². The molecule has 5 nitrogen and oxygen atoms in total. The van der Waals surface area contributed by atoms with Crippen molar-refractivity contribution in [3.63, 3.8) is 0 Å². The van der Waals surface area contributed by atoms with E-state index in [0.717, 1.165) is 25.9 Å². The zero-order valence-electron chi connectivity index (χ0n) is 9.74. The maximum absolute atomic E-state index is 11.7. The van der Waals surface area contributed by atoms with Gasteiger partial charge in [0, 0.05) is 26.1 Å². The Hall–Kier alpha value is -1.10. The first-order valence-electron chi connectivity index (χ1n) is 5.85. The van der Waals surface area contributed by atoms with Crippen LogP contribution in [0, 0.1) is 0 Å². The van der Waals surface area contributed by atoms with Gasteiger partial charge in [-0.1, -0.05) is 0 Å². The minimum atomic E-state index is -0.884. The number of hydrogen-bond donors (Lipinski definition) is 2. The first kappa shape index (κ1) is 13.0. The Balaban J connectivity index is 2.16. The molecule has 1 aliphatic heterocycles. The number of carbonyl (C=O) groups is 2. The highest BCUT2D eigenvalue weighted by molar-refractivity contribution is 5.76. The minimum absolute atomic E-state index is 0.129. The van der Waals surface area contributed by atoms with E-state index in [2.05, 4.69) is 5.32 Å². The molecule has 1 saturated heterocycles. The zero-order chi connectivity index (χ0) is 12.0. The van der Waals surface area contributed by atoms with Crippen LogP contribution in [0.3, 0.4) is 0 Å². The molecule has 0 aromatic carbocycles. The largest absolute Gasteiger partial charge is 0.480 e. The van der Waals surface area contributed by atoms with E-state index in [1.54, 1.807) is 6.92 Å². The second kappa shape index (κ2) is 6.48. The molecule has 0 spiro atoms. The molecule has 5 heteroatoms. The van der Waals surface area contributed by atoms with E-state index in [1.165, 1.54) is 6.42 Å². The second-order valence-corrected chi connectivity index (χ2v) is 4.21. The lowest BCUT2D eigenvalue weighted by Gasteiger charge is -2.26. The molecule has 0 aromatic heterocycles. The van der Waals surface area contributed by atoms with Crippen LogP contribution in [0.15, 0.2) is 0 Å². The monoisotopic (exact) mass is 228 g/mol. The summed E-state index contributed by atoms with van der Waals surface area (Å²) in [5, 5.41) is 11.4. The molecule has 1 heterocycles. The Bertz CT molecular complexity index is 250. The summed E-state index contributed by atoms with van der Waals surface area (Å²) in [7, 11) is 0. The van der Waals surface area contributed by atoms with Crippen molar-refractivity contribution in [1.29, 1.82) is 0 Å². The lowest BCUT2D eigenvalue weighted by atomic mass is 10.1. The molecule has 0 aromatic rings. The van der Waals surface area contributed by atoms with Crippen molar-refractivity contribution in [2.75, 3.05) is 19.6 Å². The fraction of sp³-hybridized carbons (Fsp3) is 0.818. The van der Waals surface area contributed by atoms with Crippen molar-refractivity contribution in [3.05, 3.63) is 0 Å². The maximum Gasteiger partial charge on any atom is 0.320 e. The van der Waals surface area contributed by atoms with Gasteiger partial charge in [0.15, 0.2) is 0 Å². The van der Waals surface area contributed by atoms with Gasteiger partial charge in [-0.15, -0.1) is 0 Å². The van der Waals surface area contributed by atoms with Crippen molar-refractivity contribution in [2.45, 2.75) is 38.6 Å². The van der Waals surface area contributed by atoms with Gasteiger partial charge in [0.25, 0.3) is 0 Å². The van der Waals surface area contributed by atoms with Gasteiger partial charge in [0.1, 0.15) is 6.04 Å². The normalized spacial score (nSPS) is 18.2. The third-order valence-corrected chi connectivity index (χ3v) is 2.87. The number of carboxylic acid groups (broad SMARTS) is 1. The number of hydrogen-bond acceptors (Lipinski definition) is 3. The lowest BCUT2D eigenvalue weighted by Crippen LogP contribution is -2.39. The van der Waals surface area contributed by atoms with Crippen molar-refractivity contribution >= 4 is 11.9 Å². The van der Waals surface area contributed by atoms with Gasteiger partial charge in [0.05, 0.1) is 0 Å². The van der Waals surface area contributed by atoms with E-state index >= 15 is 0 Å². The molecule has 1 rings (SSSR count). The Morgan fingerprint density at radius 1 is 1.31 bits per heavy atom. The summed E-state index contributed by atoms with van der Waals surface area (Å²) in [6.45, 7) is 3.72. The SMILES string of the molecule is CC(NCCC(=O)N1CCCCC1)C(=O)O. The Morgan fingerprint density at radius 3 is 2.50 bits per heavy atom. The Morgan fingerprint density at radius 2 is 1.94 bits per heavy atom. The number of carboxylic acids is 1. The molecule has 1 fully saturated rings. The highest BCUT2D eigenvalue weighted by Crippen LogP contribution is 2.09. The fourth-order valence-corrected chi connectivity index (χ4v) is 1.78. The molecule has 0 aliphatic carbocycles. The number of carbonyl (C=O) groups excluding carboxylic acids is 1. The van der Waals surface area contributed by atoms with Crippen molar-refractivity contribution in [1.82, 2.24) is 10.2 Å². The van der Waals surface area contributed by atoms with E-state index in [9.17, 15) is 9.59 Å². The summed E-state index contributed by atoms with van der Waals surface area (Å²) in [6.07, 6.45) is 3.77. The first-order chi connectivity index (χ1) is 7.61. The number of amides is 1. The summed E-state index contributed by atoms with van der Waals surface area (Å²) in [6, 6.07) is -0.589. The summed E-state index contributed by atoms with van der Waals surface area (Å²) >= 11 is 0. The van der Waals surface area contributed by atoms with Gasteiger partial charge in [0.2, 0.25) is 5.91 Å². The molecule has 16 heavy (non-hydrogen) atoms. The van der Waals surface area contributed by atoms with Gasteiger partial charge < -0.3 is 15.3 Å². The highest BCUT2D eigenvalue weighted by atomic mass is 16.4. The predicted molar refractivity (Wildman–Crippen MR) is 60.1 cm³/mol. The zero-order valence-corrected chi connectivity index (χ0v) is 9.74. The van der Waals surface area contributed by atoms with Gasteiger partial charge in [-0.25, -0.2) is 0 Å². The Labute approximate surface area is 95.8 Å². The van der Waals surface area contributed by atoms with Crippen LogP contribution in [0.1, 0.15) is 32.6 Å². The first-order valence-corrected chi connectivity index (χ1v) is 5.85. The molecule has 1 amide bonds. The summed E-state index contributed by atoms with van der Waals surface area (Å²) < 4.78 is 0. The quantitative estimate of drug-likeness (QED) is 0.717. The van der Waals surface area contributed by atoms with E-state index in [1.807, 2.05) is 4.90 Å². The van der Waals surface area contributed by atoms with Crippen LogP contribution in [0.5, 0.6) is 0 Å². The number of nitrogens with zero attached hydrogens (tertiary/aromatic N) is 1. The molecule has 1 atom stereocenters. The predicted octanol–water partition coefficient (Wildman–Crippen LogP) is 0.452. The summed E-state index contributed by atoms with van der Waals surface area (Å²) in [4.78, 5) is 24.1. The average molecular weight is 228 g/mol. The molecular weight excluding hydrogens is 208 g/mol. The number of nitrogens with one attached hydrogen (secondary N) is 1. The molecule has 2 N–H and O–H groups in total. The molecule has 1 unspecified atom stereocenters. The molecule has 0 bridgehead atoms. The van der Waals surface area contributed by atoms with Gasteiger partial charge in [-0.3, -0.25) is 9.59 Å². The fourth-order valence-electron chi connectivity index (χ4n) is 1.78. The van der Waals surface area contributed by atoms with E-state index in [-0.39, 0.29) is 5.91 Å². The highest BCUT2D eigenvalue weighted by Gasteiger charge is 2.16. The van der Waals surface area contributed by atoms with Crippen LogP contribution in [0.2, 0.25) is 0 Å². The van der Waals surface area contributed by atoms with Gasteiger partial charge in [-0.2, -0.15) is 0 Å². The number of likely N-dealkylation sites (tertiary alicyclic amines) is 1. The number of rotatable bonds is 5. The Kier molecular flexibility index (Phi) is 5.25. The van der Waals surface area contributed by atoms with E-state index < -0.39 is 12.0 Å². The van der Waals surface area contributed by atoms with Gasteiger partial charge >= 0.3 is 5.97 Å². The van der Waals surface area contributed by atoms with Crippen molar-refractivity contribution in [2.24, 2.45) is 0 Å². The van der Waals surface area contributed by atoms with Crippen LogP contribution >= 0.6 is 0 Å².